The van der Waals surface area contributed by atoms with Crippen LogP contribution in [-0.2, 0) is 14.8 Å². The Morgan fingerprint density at radius 3 is 2.47 bits per heavy atom. The number of rotatable bonds is 7. The third-order valence-electron chi connectivity index (χ3n) is 6.20. The highest BCUT2D eigenvalue weighted by Crippen LogP contribution is 2.30. The van der Waals surface area contributed by atoms with Crippen molar-refractivity contribution in [1.29, 1.82) is 0 Å². The number of benzene rings is 1. The molecule has 1 aliphatic heterocycles. The summed E-state index contributed by atoms with van der Waals surface area (Å²) in [4.78, 5) is 21.9. The van der Waals surface area contributed by atoms with Gasteiger partial charge in [-0.1, -0.05) is 30.3 Å². The van der Waals surface area contributed by atoms with E-state index in [0.717, 1.165) is 30.8 Å². The zero-order valence-corrected chi connectivity index (χ0v) is 22.5. The number of thiazole rings is 1. The van der Waals surface area contributed by atoms with Crippen LogP contribution in [0.4, 0.5) is 24.7 Å². The minimum atomic E-state index is -5.08. The largest absolute Gasteiger partial charge is 0.490 e. The predicted molar refractivity (Wildman–Crippen MR) is 139 cm³/mol. The molecule has 9 nitrogen and oxygen atoms in total. The molecule has 3 aromatic rings. The van der Waals surface area contributed by atoms with Crippen LogP contribution in [0.25, 0.3) is 0 Å². The summed E-state index contributed by atoms with van der Waals surface area (Å²) in [7, 11) is -1.70. The van der Waals surface area contributed by atoms with E-state index >= 15 is 0 Å². The van der Waals surface area contributed by atoms with Gasteiger partial charge in [0, 0.05) is 37.6 Å². The highest BCUT2D eigenvalue weighted by molar-refractivity contribution is 7.92. The molecule has 0 aliphatic carbocycles. The van der Waals surface area contributed by atoms with Gasteiger partial charge in [-0.05, 0) is 37.5 Å². The summed E-state index contributed by atoms with van der Waals surface area (Å²) in [6.45, 7) is 6.16. The number of pyridine rings is 1. The number of hydrogen-bond donors (Lipinski definition) is 2. The maximum Gasteiger partial charge on any atom is 0.490 e. The fraction of sp³-hybridized carbons (Fsp3) is 0.375. The highest BCUT2D eigenvalue weighted by Gasteiger charge is 2.38. The topological polar surface area (TPSA) is 116 Å². The molecule has 206 valence electrons. The molecule has 0 radical (unpaired) electrons. The zero-order valence-electron chi connectivity index (χ0n) is 20.9. The molecule has 14 heteroatoms. The Bertz CT molecular complexity index is 1320. The number of carbonyl (C=O) groups is 1. The Morgan fingerprint density at radius 1 is 1.26 bits per heavy atom. The molecule has 0 amide bonds. The average molecular weight is 572 g/mol. The number of anilines is 2. The first-order chi connectivity index (χ1) is 17.8. The molecule has 2 N–H and O–H groups in total. The molecule has 1 fully saturated rings. The highest BCUT2D eigenvalue weighted by atomic mass is 32.2. The molecule has 0 saturated carbocycles. The lowest BCUT2D eigenvalue weighted by molar-refractivity contribution is -0.192. The number of carboxylic acid groups (broad SMARTS) is 1. The van der Waals surface area contributed by atoms with Gasteiger partial charge < -0.3 is 10.0 Å². The summed E-state index contributed by atoms with van der Waals surface area (Å²) in [6, 6.07) is 12.9. The number of likely N-dealkylation sites (N-methyl/N-ethyl adjacent to an activating group) is 1. The van der Waals surface area contributed by atoms with E-state index in [1.807, 2.05) is 13.0 Å². The van der Waals surface area contributed by atoms with Crippen LogP contribution in [0.5, 0.6) is 0 Å². The van der Waals surface area contributed by atoms with E-state index in [2.05, 4.69) is 62.7 Å². The number of aromatic nitrogens is 2. The number of aryl methyl sites for hydroxylation is 1. The second-order valence-electron chi connectivity index (χ2n) is 8.73. The summed E-state index contributed by atoms with van der Waals surface area (Å²) in [5.41, 5.74) is 4.74. The first-order valence-electron chi connectivity index (χ1n) is 11.5. The summed E-state index contributed by atoms with van der Waals surface area (Å²) in [5, 5.41) is 8.77. The molecule has 1 aliphatic rings. The van der Waals surface area contributed by atoms with E-state index < -0.39 is 22.2 Å². The molecule has 0 unspecified atom stereocenters. The number of sulfonamides is 1. The quantitative estimate of drug-likeness (QED) is 0.424. The molecule has 1 saturated heterocycles. The van der Waals surface area contributed by atoms with Gasteiger partial charge in [0.15, 0.2) is 10.8 Å². The van der Waals surface area contributed by atoms with Crippen molar-refractivity contribution in [2.75, 3.05) is 29.8 Å². The van der Waals surface area contributed by atoms with E-state index in [9.17, 15) is 21.6 Å². The van der Waals surface area contributed by atoms with Gasteiger partial charge in [0.2, 0.25) is 0 Å². The first kappa shape index (κ1) is 29.3. The number of nitrogens with one attached hydrogen (secondary N) is 1. The van der Waals surface area contributed by atoms with Crippen LogP contribution in [0.1, 0.15) is 30.5 Å². The van der Waals surface area contributed by atoms with Crippen LogP contribution in [0.2, 0.25) is 0 Å². The molecule has 38 heavy (non-hydrogen) atoms. The molecule has 0 bridgehead atoms. The Morgan fingerprint density at radius 2 is 1.92 bits per heavy atom. The maximum atomic E-state index is 12.6. The second kappa shape index (κ2) is 12.1. The fourth-order valence-corrected chi connectivity index (χ4v) is 5.64. The van der Waals surface area contributed by atoms with Gasteiger partial charge in [0.1, 0.15) is 0 Å². The van der Waals surface area contributed by atoms with Crippen LogP contribution in [0, 0.1) is 6.92 Å². The number of aliphatic carboxylic acids is 1. The smallest absolute Gasteiger partial charge is 0.475 e. The Hall–Kier alpha value is -3.23. The SMILES string of the molecule is Cc1cc(S(=O)(=O)Nc2cscn2)ncc1N(C)[C@H]1CCN([C@H](C)c2ccccc2)C1.O=C(O)C(F)(F)F. The van der Waals surface area contributed by atoms with E-state index in [4.69, 9.17) is 9.90 Å². The lowest BCUT2D eigenvalue weighted by Gasteiger charge is -2.30. The van der Waals surface area contributed by atoms with E-state index in [1.54, 1.807) is 23.2 Å². The van der Waals surface area contributed by atoms with Gasteiger partial charge in [-0.2, -0.15) is 21.6 Å². The number of likely N-dealkylation sites (tertiary alicyclic amines) is 1. The minimum absolute atomic E-state index is 0.000832. The van der Waals surface area contributed by atoms with Crippen molar-refractivity contribution in [2.24, 2.45) is 0 Å². The number of alkyl halides is 3. The fourth-order valence-electron chi connectivity index (χ4n) is 4.07. The number of carboxylic acids is 1. The van der Waals surface area contributed by atoms with Gasteiger partial charge in [-0.3, -0.25) is 9.62 Å². The van der Waals surface area contributed by atoms with Crippen molar-refractivity contribution >= 4 is 38.8 Å². The number of halogens is 3. The molecule has 2 atom stereocenters. The van der Waals surface area contributed by atoms with Crippen LogP contribution in [-0.4, -0.2) is 66.7 Å². The second-order valence-corrected chi connectivity index (χ2v) is 11.1. The zero-order chi connectivity index (χ0) is 28.1. The Labute approximate surface area is 223 Å². The van der Waals surface area contributed by atoms with Crippen molar-refractivity contribution < 1.29 is 31.5 Å². The molecular weight excluding hydrogens is 543 g/mol. The average Bonchev–Trinajstić information content (AvgIpc) is 3.56. The molecular formula is C24H28F3N5O4S2. The van der Waals surface area contributed by atoms with Crippen LogP contribution >= 0.6 is 11.3 Å². The van der Waals surface area contributed by atoms with Gasteiger partial charge in [-0.25, -0.2) is 14.8 Å². The third kappa shape index (κ3) is 7.42. The van der Waals surface area contributed by atoms with Crippen LogP contribution in [0.3, 0.4) is 0 Å². The standard InChI is InChI=1S/C22H27N5O2S2.C2HF3O2/c1-16-11-22(31(28,29)25-21-14-30-15-24-21)23-12-20(16)26(3)19-9-10-27(13-19)17(2)18-7-5-4-6-8-18;3-2(4,5)1(6)7/h4-8,11-12,14-15,17,19,25H,9-10,13H2,1-3H3;(H,6,7)/t17-,19+;/m1./s1. The van der Waals surface area contributed by atoms with Crippen molar-refractivity contribution in [3.05, 3.63) is 64.6 Å². The summed E-state index contributed by atoms with van der Waals surface area (Å²) >= 11 is 1.33. The number of hydrogen-bond acceptors (Lipinski definition) is 8. The summed E-state index contributed by atoms with van der Waals surface area (Å²) in [5.74, 6) is -2.45. The van der Waals surface area contributed by atoms with Gasteiger partial charge >= 0.3 is 12.1 Å². The van der Waals surface area contributed by atoms with Gasteiger partial charge in [0.25, 0.3) is 10.0 Å². The monoisotopic (exact) mass is 571 g/mol. The Kier molecular flexibility index (Phi) is 9.33. The Balaban J connectivity index is 0.000000505. The van der Waals surface area contributed by atoms with Crippen molar-refractivity contribution in [1.82, 2.24) is 14.9 Å². The normalized spacial score (nSPS) is 16.8. The molecule has 4 rings (SSSR count). The first-order valence-corrected chi connectivity index (χ1v) is 13.9. The van der Waals surface area contributed by atoms with Gasteiger partial charge in [0.05, 0.1) is 17.4 Å². The molecule has 2 aromatic heterocycles. The maximum absolute atomic E-state index is 12.6. The third-order valence-corrected chi connectivity index (χ3v) is 8.04. The van der Waals surface area contributed by atoms with E-state index in [1.165, 1.54) is 16.9 Å². The molecule has 3 heterocycles. The van der Waals surface area contributed by atoms with E-state index in [0.29, 0.717) is 17.9 Å². The van der Waals surface area contributed by atoms with Crippen LogP contribution in [0.15, 0.2) is 58.5 Å². The summed E-state index contributed by atoms with van der Waals surface area (Å²) in [6.07, 6.45) is -2.37. The summed E-state index contributed by atoms with van der Waals surface area (Å²) < 4.78 is 59.4. The molecule has 0 spiro atoms. The number of nitrogens with zero attached hydrogens (tertiary/aromatic N) is 4. The molecule has 1 aromatic carbocycles. The van der Waals surface area contributed by atoms with E-state index in [-0.39, 0.29) is 5.03 Å². The lowest BCUT2D eigenvalue weighted by Crippen LogP contribution is -2.35. The lowest BCUT2D eigenvalue weighted by atomic mass is 10.1. The van der Waals surface area contributed by atoms with Crippen molar-refractivity contribution in [3.8, 4) is 0 Å². The predicted octanol–water partition coefficient (Wildman–Crippen LogP) is 4.55. The van der Waals surface area contributed by atoms with Crippen LogP contribution < -0.4 is 9.62 Å². The van der Waals surface area contributed by atoms with Gasteiger partial charge in [-0.15, -0.1) is 11.3 Å². The minimum Gasteiger partial charge on any atom is -0.475 e. The van der Waals surface area contributed by atoms with Crippen molar-refractivity contribution in [3.63, 3.8) is 0 Å². The van der Waals surface area contributed by atoms with Crippen molar-refractivity contribution in [2.45, 2.75) is 43.6 Å².